The predicted octanol–water partition coefficient (Wildman–Crippen LogP) is 3.87. The minimum atomic E-state index is -4.54. The Bertz CT molecular complexity index is 653. The molecule has 0 aliphatic heterocycles. The summed E-state index contributed by atoms with van der Waals surface area (Å²) < 4.78 is 42.6. The molecule has 0 fully saturated rings. The number of carbonyl (C=O) groups excluding carboxylic acids is 2. The van der Waals surface area contributed by atoms with E-state index in [1.807, 2.05) is 0 Å². The highest BCUT2D eigenvalue weighted by Crippen LogP contribution is 2.29. The van der Waals surface area contributed by atoms with Crippen molar-refractivity contribution in [1.29, 1.82) is 0 Å². The van der Waals surface area contributed by atoms with Crippen LogP contribution in [-0.2, 0) is 15.7 Å². The molecule has 1 amide bonds. The van der Waals surface area contributed by atoms with Crippen LogP contribution >= 0.6 is 0 Å². The molecule has 0 saturated heterocycles. The summed E-state index contributed by atoms with van der Waals surface area (Å²) in [6.45, 7) is -0.0695. The van der Waals surface area contributed by atoms with Gasteiger partial charge in [0.25, 0.3) is 5.91 Å². The van der Waals surface area contributed by atoms with E-state index in [9.17, 15) is 22.8 Å². The van der Waals surface area contributed by atoms with E-state index < -0.39 is 30.2 Å². The van der Waals surface area contributed by atoms with Gasteiger partial charge in [-0.15, -0.1) is 0 Å². The van der Waals surface area contributed by atoms with Gasteiger partial charge in [-0.3, -0.25) is 4.79 Å². The van der Waals surface area contributed by atoms with Crippen molar-refractivity contribution >= 4 is 11.9 Å². The number of rotatable bonds is 6. The van der Waals surface area contributed by atoms with Crippen molar-refractivity contribution in [3.8, 4) is 0 Å². The van der Waals surface area contributed by atoms with Gasteiger partial charge in [0.1, 0.15) is 0 Å². The van der Waals surface area contributed by atoms with E-state index in [2.05, 4.69) is 11.4 Å². The maximum atomic E-state index is 12.6. The van der Waals surface area contributed by atoms with E-state index >= 15 is 0 Å². The molecule has 0 aromatic heterocycles. The molecule has 1 N–H and O–H groups in total. The second-order valence-corrected chi connectivity index (χ2v) is 5.86. The highest BCUT2D eigenvalue weighted by molar-refractivity contribution is 5.91. The van der Waals surface area contributed by atoms with Gasteiger partial charge >= 0.3 is 12.1 Å². The number of hydrogen-bond donors (Lipinski definition) is 1. The Morgan fingerprint density at radius 1 is 1.20 bits per heavy atom. The molecule has 2 rings (SSSR count). The first-order valence-corrected chi connectivity index (χ1v) is 8.15. The molecule has 0 heterocycles. The van der Waals surface area contributed by atoms with Crippen molar-refractivity contribution in [3.63, 3.8) is 0 Å². The third-order valence-corrected chi connectivity index (χ3v) is 3.91. The molecule has 1 aromatic carbocycles. The smallest absolute Gasteiger partial charge is 0.416 e. The first kappa shape index (κ1) is 19.0. The zero-order chi connectivity index (χ0) is 18.3. The summed E-state index contributed by atoms with van der Waals surface area (Å²) in [6, 6.07) is 3.90. The number of benzene rings is 1. The number of esters is 1. The summed E-state index contributed by atoms with van der Waals surface area (Å²) in [5.41, 5.74) is 0.134. The molecule has 4 nitrogen and oxygen atoms in total. The third-order valence-electron chi connectivity index (χ3n) is 3.91. The van der Waals surface area contributed by atoms with Crippen LogP contribution in [0.5, 0.6) is 0 Å². The molecule has 0 radical (unpaired) electrons. The maximum absolute atomic E-state index is 12.6. The molecular formula is C18H20F3NO3. The fourth-order valence-corrected chi connectivity index (χ4v) is 2.58. The van der Waals surface area contributed by atoms with E-state index in [1.165, 1.54) is 18.1 Å². The van der Waals surface area contributed by atoms with Gasteiger partial charge in [0.2, 0.25) is 0 Å². The Hall–Kier alpha value is -2.31. The molecule has 0 spiro atoms. The Kier molecular flexibility index (Phi) is 6.61. The highest BCUT2D eigenvalue weighted by Gasteiger charge is 2.31. The van der Waals surface area contributed by atoms with E-state index in [1.54, 1.807) is 0 Å². The standard InChI is InChI=1S/C18H20F3NO3/c19-18(20,21)15-8-4-7-14(11-15)17(24)25-12-16(23)22-10-9-13-5-2-1-3-6-13/h4-5,7-8,11H,1-3,6,9-10,12H2,(H,22,23). The van der Waals surface area contributed by atoms with Crippen molar-refractivity contribution in [1.82, 2.24) is 5.32 Å². The zero-order valence-corrected chi connectivity index (χ0v) is 13.7. The molecule has 1 aliphatic carbocycles. The largest absolute Gasteiger partial charge is 0.452 e. The van der Waals surface area contributed by atoms with Gasteiger partial charge in [-0.2, -0.15) is 13.2 Å². The molecule has 0 unspecified atom stereocenters. The van der Waals surface area contributed by atoms with Gasteiger partial charge < -0.3 is 10.1 Å². The van der Waals surface area contributed by atoms with E-state index in [0.29, 0.717) is 12.6 Å². The lowest BCUT2D eigenvalue weighted by atomic mass is 9.97. The Morgan fingerprint density at radius 2 is 2.00 bits per heavy atom. The number of alkyl halides is 3. The second kappa shape index (κ2) is 8.69. The Labute approximate surface area is 144 Å². The van der Waals surface area contributed by atoms with Gasteiger partial charge in [-0.05, 0) is 50.3 Å². The van der Waals surface area contributed by atoms with Crippen LogP contribution in [0, 0.1) is 0 Å². The molecule has 0 bridgehead atoms. The lowest BCUT2D eigenvalue weighted by molar-refractivity contribution is -0.137. The van der Waals surface area contributed by atoms with E-state index in [-0.39, 0.29) is 5.56 Å². The SMILES string of the molecule is O=C(COC(=O)c1cccc(C(F)(F)F)c1)NCCC1=CCCCC1. The van der Waals surface area contributed by atoms with Crippen LogP contribution in [0.3, 0.4) is 0 Å². The summed E-state index contributed by atoms with van der Waals surface area (Å²) in [7, 11) is 0. The third kappa shape index (κ3) is 6.25. The number of hydrogen-bond acceptors (Lipinski definition) is 3. The molecule has 0 atom stereocenters. The zero-order valence-electron chi connectivity index (χ0n) is 13.7. The maximum Gasteiger partial charge on any atom is 0.416 e. The number of ether oxygens (including phenoxy) is 1. The number of amides is 1. The normalized spacial score (nSPS) is 14.6. The van der Waals surface area contributed by atoms with Gasteiger partial charge in [0.05, 0.1) is 11.1 Å². The molecule has 1 aliphatic rings. The quantitative estimate of drug-likeness (QED) is 0.623. The van der Waals surface area contributed by atoms with Crippen molar-refractivity contribution in [2.24, 2.45) is 0 Å². The van der Waals surface area contributed by atoms with Gasteiger partial charge in [-0.25, -0.2) is 4.79 Å². The summed E-state index contributed by atoms with van der Waals surface area (Å²) in [5, 5.41) is 2.64. The fraction of sp³-hybridized carbons (Fsp3) is 0.444. The van der Waals surface area contributed by atoms with Crippen LogP contribution in [-0.4, -0.2) is 25.0 Å². The lowest BCUT2D eigenvalue weighted by Crippen LogP contribution is -2.30. The number of carbonyl (C=O) groups is 2. The van der Waals surface area contributed by atoms with Gasteiger partial charge in [0, 0.05) is 6.54 Å². The van der Waals surface area contributed by atoms with Gasteiger partial charge in [-0.1, -0.05) is 17.7 Å². The summed E-state index contributed by atoms with van der Waals surface area (Å²) in [5.74, 6) is -1.44. The predicted molar refractivity (Wildman–Crippen MR) is 85.9 cm³/mol. The van der Waals surface area contributed by atoms with Crippen LogP contribution < -0.4 is 5.32 Å². The van der Waals surface area contributed by atoms with E-state index in [4.69, 9.17) is 4.74 Å². The Morgan fingerprint density at radius 3 is 2.68 bits per heavy atom. The van der Waals surface area contributed by atoms with E-state index in [0.717, 1.165) is 37.8 Å². The molecule has 1 aromatic rings. The van der Waals surface area contributed by atoms with Crippen LogP contribution in [0.25, 0.3) is 0 Å². The van der Waals surface area contributed by atoms with Gasteiger partial charge in [0.15, 0.2) is 6.61 Å². The number of nitrogens with one attached hydrogen (secondary N) is 1. The lowest BCUT2D eigenvalue weighted by Gasteiger charge is -2.13. The minimum Gasteiger partial charge on any atom is -0.452 e. The topological polar surface area (TPSA) is 55.4 Å². The fourth-order valence-electron chi connectivity index (χ4n) is 2.58. The van der Waals surface area contributed by atoms with Crippen molar-refractivity contribution in [2.45, 2.75) is 38.3 Å². The summed E-state index contributed by atoms with van der Waals surface area (Å²) >= 11 is 0. The van der Waals surface area contributed by atoms with Crippen LogP contribution in [0.15, 0.2) is 35.9 Å². The first-order chi connectivity index (χ1) is 11.9. The van der Waals surface area contributed by atoms with Crippen molar-refractivity contribution in [3.05, 3.63) is 47.0 Å². The molecule has 0 saturated carbocycles. The number of allylic oxidation sites excluding steroid dienone is 1. The average molecular weight is 355 g/mol. The van der Waals surface area contributed by atoms with Crippen LogP contribution in [0.1, 0.15) is 48.0 Å². The monoisotopic (exact) mass is 355 g/mol. The first-order valence-electron chi connectivity index (χ1n) is 8.15. The number of halogens is 3. The Balaban J connectivity index is 1.75. The van der Waals surface area contributed by atoms with Crippen molar-refractivity contribution < 1.29 is 27.5 Å². The minimum absolute atomic E-state index is 0.241. The molecule has 136 valence electrons. The summed E-state index contributed by atoms with van der Waals surface area (Å²) in [6.07, 6.45) is 2.87. The molecular weight excluding hydrogens is 335 g/mol. The van der Waals surface area contributed by atoms with Crippen LogP contribution in [0.4, 0.5) is 13.2 Å². The summed E-state index contributed by atoms with van der Waals surface area (Å²) in [4.78, 5) is 23.4. The van der Waals surface area contributed by atoms with Crippen LogP contribution in [0.2, 0.25) is 0 Å². The second-order valence-electron chi connectivity index (χ2n) is 5.86. The molecule has 7 heteroatoms. The highest BCUT2D eigenvalue weighted by atomic mass is 19.4. The van der Waals surface area contributed by atoms with Crippen molar-refractivity contribution in [2.75, 3.05) is 13.2 Å². The average Bonchev–Trinajstić information content (AvgIpc) is 2.60. The molecule has 25 heavy (non-hydrogen) atoms.